The minimum Gasteiger partial charge on any atom is -0.504 e. The lowest BCUT2D eigenvalue weighted by atomic mass is 9.98. The van der Waals surface area contributed by atoms with Crippen LogP contribution in [-0.2, 0) is 11.3 Å². The molecule has 0 radical (unpaired) electrons. The van der Waals surface area contributed by atoms with E-state index < -0.39 is 0 Å². The summed E-state index contributed by atoms with van der Waals surface area (Å²) in [6.07, 6.45) is 2.23. The van der Waals surface area contributed by atoms with E-state index in [1.807, 2.05) is 6.07 Å². The highest BCUT2D eigenvalue weighted by Crippen LogP contribution is 2.27. The number of nitrogens with two attached hydrogens (primary N) is 1. The number of ether oxygens (including phenoxy) is 1. The van der Waals surface area contributed by atoms with Crippen LogP contribution in [0.4, 0.5) is 0 Å². The quantitative estimate of drug-likeness (QED) is 0.710. The molecule has 2 unspecified atom stereocenters. The Hall–Kier alpha value is -1.30. The molecule has 106 valence electrons. The third-order valence-electron chi connectivity index (χ3n) is 3.82. The molecule has 0 saturated carbocycles. The van der Waals surface area contributed by atoms with E-state index in [0.29, 0.717) is 12.6 Å². The van der Waals surface area contributed by atoms with E-state index in [4.69, 9.17) is 10.5 Å². The first-order valence-electron chi connectivity index (χ1n) is 6.61. The molecule has 0 amide bonds. The molecular weight excluding hydrogens is 244 g/mol. The van der Waals surface area contributed by atoms with Crippen LogP contribution in [0.25, 0.3) is 0 Å². The van der Waals surface area contributed by atoms with Gasteiger partial charge in [-0.25, -0.2) is 0 Å². The van der Waals surface area contributed by atoms with E-state index in [0.717, 1.165) is 31.5 Å². The average Bonchev–Trinajstić information content (AvgIpc) is 2.43. The number of rotatable bonds is 4. The van der Waals surface area contributed by atoms with Crippen molar-refractivity contribution in [3.05, 3.63) is 23.8 Å². The SMILES string of the molecule is COC1CCN(Cc2ccc(O)c(O)c2)C(CN)C1. The standard InChI is InChI=1S/C14H22N2O3/c1-19-12-4-5-16(11(7-12)8-15)9-10-2-3-13(17)14(18)6-10/h2-3,6,11-12,17-18H,4-5,7-9,15H2,1H3. The molecule has 1 heterocycles. The van der Waals surface area contributed by atoms with Crippen molar-refractivity contribution in [2.24, 2.45) is 5.73 Å². The predicted molar refractivity (Wildman–Crippen MR) is 73.1 cm³/mol. The van der Waals surface area contributed by atoms with Gasteiger partial charge >= 0.3 is 0 Å². The van der Waals surface area contributed by atoms with Crippen molar-refractivity contribution in [1.82, 2.24) is 4.90 Å². The van der Waals surface area contributed by atoms with Gasteiger partial charge in [-0.2, -0.15) is 0 Å². The Morgan fingerprint density at radius 2 is 2.16 bits per heavy atom. The normalized spacial score (nSPS) is 24.5. The maximum Gasteiger partial charge on any atom is 0.157 e. The number of nitrogens with zero attached hydrogens (tertiary/aromatic N) is 1. The number of methoxy groups -OCH3 is 1. The third kappa shape index (κ3) is 3.37. The number of likely N-dealkylation sites (tertiary alicyclic amines) is 1. The Kier molecular flexibility index (Phi) is 4.63. The van der Waals surface area contributed by atoms with Gasteiger partial charge in [-0.15, -0.1) is 0 Å². The molecule has 1 aromatic carbocycles. The van der Waals surface area contributed by atoms with Crippen LogP contribution in [0, 0.1) is 0 Å². The zero-order valence-electron chi connectivity index (χ0n) is 11.2. The highest BCUT2D eigenvalue weighted by molar-refractivity contribution is 5.40. The molecule has 2 rings (SSSR count). The summed E-state index contributed by atoms with van der Waals surface area (Å²) >= 11 is 0. The van der Waals surface area contributed by atoms with Gasteiger partial charge in [0.2, 0.25) is 0 Å². The van der Waals surface area contributed by atoms with E-state index >= 15 is 0 Å². The van der Waals surface area contributed by atoms with Crippen LogP contribution in [-0.4, -0.2) is 47.5 Å². The van der Waals surface area contributed by atoms with Crippen molar-refractivity contribution in [1.29, 1.82) is 0 Å². The van der Waals surface area contributed by atoms with Crippen LogP contribution < -0.4 is 5.73 Å². The van der Waals surface area contributed by atoms with Crippen molar-refractivity contribution >= 4 is 0 Å². The van der Waals surface area contributed by atoms with Crippen molar-refractivity contribution in [2.45, 2.75) is 31.5 Å². The first-order chi connectivity index (χ1) is 9.13. The van der Waals surface area contributed by atoms with Gasteiger partial charge < -0.3 is 20.7 Å². The molecule has 4 N–H and O–H groups in total. The van der Waals surface area contributed by atoms with Crippen molar-refractivity contribution in [2.75, 3.05) is 20.2 Å². The number of hydrogen-bond acceptors (Lipinski definition) is 5. The lowest BCUT2D eigenvalue weighted by Crippen LogP contribution is -2.47. The molecule has 1 aliphatic rings. The van der Waals surface area contributed by atoms with Gasteiger partial charge in [-0.1, -0.05) is 6.07 Å². The number of phenolic OH excluding ortho intramolecular Hbond substituents is 2. The molecule has 0 spiro atoms. The Morgan fingerprint density at radius 3 is 2.79 bits per heavy atom. The van der Waals surface area contributed by atoms with Crippen LogP contribution in [0.3, 0.4) is 0 Å². The molecular formula is C14H22N2O3. The minimum atomic E-state index is -0.0859. The van der Waals surface area contributed by atoms with Gasteiger partial charge in [-0.3, -0.25) is 4.90 Å². The Bertz CT molecular complexity index is 425. The lowest BCUT2D eigenvalue weighted by Gasteiger charge is -2.38. The molecule has 0 bridgehead atoms. The van der Waals surface area contributed by atoms with Crippen molar-refractivity contribution in [3.8, 4) is 11.5 Å². The summed E-state index contributed by atoms with van der Waals surface area (Å²) in [5.41, 5.74) is 6.81. The number of hydrogen-bond donors (Lipinski definition) is 3. The fraction of sp³-hybridized carbons (Fsp3) is 0.571. The van der Waals surface area contributed by atoms with E-state index in [2.05, 4.69) is 4.90 Å². The fourth-order valence-electron chi connectivity index (χ4n) is 2.63. The zero-order chi connectivity index (χ0) is 13.8. The average molecular weight is 266 g/mol. The van der Waals surface area contributed by atoms with Gasteiger partial charge in [0.1, 0.15) is 0 Å². The smallest absolute Gasteiger partial charge is 0.157 e. The van der Waals surface area contributed by atoms with Crippen molar-refractivity contribution in [3.63, 3.8) is 0 Å². The van der Waals surface area contributed by atoms with Crippen LogP contribution in [0.2, 0.25) is 0 Å². The highest BCUT2D eigenvalue weighted by Gasteiger charge is 2.27. The lowest BCUT2D eigenvalue weighted by molar-refractivity contribution is 0.0102. The monoisotopic (exact) mass is 266 g/mol. The zero-order valence-corrected chi connectivity index (χ0v) is 11.2. The molecule has 2 atom stereocenters. The van der Waals surface area contributed by atoms with E-state index in [9.17, 15) is 10.2 Å². The first kappa shape index (κ1) is 14.1. The van der Waals surface area contributed by atoms with Gasteiger partial charge in [0, 0.05) is 32.8 Å². The third-order valence-corrected chi connectivity index (χ3v) is 3.82. The van der Waals surface area contributed by atoms with Crippen molar-refractivity contribution < 1.29 is 14.9 Å². The van der Waals surface area contributed by atoms with E-state index in [1.54, 1.807) is 13.2 Å². The summed E-state index contributed by atoms with van der Waals surface area (Å²) in [6.45, 7) is 2.26. The largest absolute Gasteiger partial charge is 0.504 e. The van der Waals surface area contributed by atoms with Gasteiger partial charge in [0.15, 0.2) is 11.5 Å². The van der Waals surface area contributed by atoms with Crippen LogP contribution in [0.1, 0.15) is 18.4 Å². The topological polar surface area (TPSA) is 79.0 Å². The van der Waals surface area contributed by atoms with Gasteiger partial charge in [0.25, 0.3) is 0 Å². The Balaban J connectivity index is 2.03. The summed E-state index contributed by atoms with van der Waals surface area (Å²) in [4.78, 5) is 2.31. The number of piperidine rings is 1. The fourth-order valence-corrected chi connectivity index (χ4v) is 2.63. The maximum atomic E-state index is 9.52. The maximum absolute atomic E-state index is 9.52. The van der Waals surface area contributed by atoms with E-state index in [1.165, 1.54) is 6.07 Å². The molecule has 1 saturated heterocycles. The van der Waals surface area contributed by atoms with Gasteiger partial charge in [0.05, 0.1) is 6.10 Å². The predicted octanol–water partition coefficient (Wildman–Crippen LogP) is 1.04. The van der Waals surface area contributed by atoms with Crippen LogP contribution in [0.5, 0.6) is 11.5 Å². The molecule has 1 fully saturated rings. The first-order valence-corrected chi connectivity index (χ1v) is 6.61. The number of benzene rings is 1. The molecule has 5 nitrogen and oxygen atoms in total. The summed E-state index contributed by atoms with van der Waals surface area (Å²) in [7, 11) is 1.74. The highest BCUT2D eigenvalue weighted by atomic mass is 16.5. The summed E-state index contributed by atoms with van der Waals surface area (Å²) in [6, 6.07) is 5.25. The van der Waals surface area contributed by atoms with Gasteiger partial charge in [-0.05, 0) is 30.5 Å². The minimum absolute atomic E-state index is 0.0754. The van der Waals surface area contributed by atoms with Crippen LogP contribution >= 0.6 is 0 Å². The molecule has 1 aromatic rings. The second-order valence-electron chi connectivity index (χ2n) is 5.07. The molecule has 1 aliphatic heterocycles. The summed E-state index contributed by atoms with van der Waals surface area (Å²) in [5.74, 6) is -0.161. The Morgan fingerprint density at radius 1 is 1.37 bits per heavy atom. The molecule has 0 aliphatic carbocycles. The second-order valence-corrected chi connectivity index (χ2v) is 5.07. The molecule has 0 aromatic heterocycles. The Labute approximate surface area is 113 Å². The molecule has 5 heteroatoms. The number of aromatic hydroxyl groups is 2. The number of phenols is 2. The second kappa shape index (κ2) is 6.23. The molecule has 19 heavy (non-hydrogen) atoms. The van der Waals surface area contributed by atoms with E-state index in [-0.39, 0.29) is 17.6 Å². The summed E-state index contributed by atoms with van der Waals surface area (Å²) in [5, 5.41) is 18.8. The van der Waals surface area contributed by atoms with Crippen LogP contribution in [0.15, 0.2) is 18.2 Å². The summed E-state index contributed by atoms with van der Waals surface area (Å²) < 4.78 is 5.40.